The van der Waals surface area contributed by atoms with Gasteiger partial charge in [-0.05, 0) is 61.2 Å². The van der Waals surface area contributed by atoms with Crippen molar-refractivity contribution in [2.45, 2.75) is 19.3 Å². The summed E-state index contributed by atoms with van der Waals surface area (Å²) in [5.74, 6) is -1.70. The van der Waals surface area contributed by atoms with E-state index < -0.39 is 17.4 Å². The second kappa shape index (κ2) is 10.4. The summed E-state index contributed by atoms with van der Waals surface area (Å²) in [6, 6.07) is 13.2. The number of nitriles is 1. The summed E-state index contributed by atoms with van der Waals surface area (Å²) in [5, 5.41) is 19.0. The fourth-order valence-electron chi connectivity index (χ4n) is 3.70. The first-order valence-corrected chi connectivity index (χ1v) is 10.5. The summed E-state index contributed by atoms with van der Waals surface area (Å²) in [4.78, 5) is 25.2. The monoisotopic (exact) mass is 456 g/mol. The molecular formula is C24H22ClFN2O4. The number of carbonyl (C=O) groups excluding carboxylic acids is 1. The smallest absolute Gasteiger partial charge is 0.328 e. The molecule has 1 saturated heterocycles. The van der Waals surface area contributed by atoms with E-state index in [0.29, 0.717) is 42.9 Å². The highest BCUT2D eigenvalue weighted by Gasteiger charge is 2.35. The number of rotatable bonds is 7. The number of nitrogens with zero attached hydrogens (tertiary/aromatic N) is 2. The Balaban J connectivity index is 1.58. The highest BCUT2D eigenvalue weighted by molar-refractivity contribution is 6.30. The SMILES string of the molecule is N#CC1(Cc2ccc(F)cc2)CCN(CC(=O)Oc2ccc(Cl)cc2/C=C/C(=O)O)CC1. The molecule has 0 unspecified atom stereocenters. The average Bonchev–Trinajstić information content (AvgIpc) is 2.77. The number of aliphatic carboxylic acids is 1. The number of esters is 1. The lowest BCUT2D eigenvalue weighted by molar-refractivity contribution is -0.136. The second-order valence-electron chi connectivity index (χ2n) is 7.80. The van der Waals surface area contributed by atoms with Crippen molar-refractivity contribution in [2.24, 2.45) is 5.41 Å². The number of ether oxygens (including phenoxy) is 1. The third kappa shape index (κ3) is 6.39. The molecule has 0 atom stereocenters. The summed E-state index contributed by atoms with van der Waals surface area (Å²) in [6.07, 6.45) is 3.96. The van der Waals surface area contributed by atoms with Crippen LogP contribution < -0.4 is 4.74 Å². The number of carboxylic acids is 1. The van der Waals surface area contributed by atoms with E-state index in [9.17, 15) is 19.2 Å². The molecule has 2 aromatic rings. The molecule has 0 radical (unpaired) electrons. The normalized spacial score (nSPS) is 15.9. The quantitative estimate of drug-likeness (QED) is 0.379. The van der Waals surface area contributed by atoms with Crippen LogP contribution in [0.4, 0.5) is 4.39 Å². The summed E-state index contributed by atoms with van der Waals surface area (Å²) < 4.78 is 18.6. The predicted molar refractivity (Wildman–Crippen MR) is 118 cm³/mol. The van der Waals surface area contributed by atoms with Gasteiger partial charge in [-0.15, -0.1) is 0 Å². The van der Waals surface area contributed by atoms with E-state index in [1.807, 2.05) is 4.90 Å². The second-order valence-corrected chi connectivity index (χ2v) is 8.24. The van der Waals surface area contributed by atoms with Crippen LogP contribution in [0.5, 0.6) is 5.75 Å². The molecule has 32 heavy (non-hydrogen) atoms. The Morgan fingerprint density at radius 2 is 1.91 bits per heavy atom. The van der Waals surface area contributed by atoms with Gasteiger partial charge in [0.15, 0.2) is 0 Å². The van der Waals surface area contributed by atoms with E-state index in [-0.39, 0.29) is 18.1 Å². The summed E-state index contributed by atoms with van der Waals surface area (Å²) in [6.45, 7) is 1.15. The minimum Gasteiger partial charge on any atom is -0.478 e. The van der Waals surface area contributed by atoms with Crippen LogP contribution in [-0.4, -0.2) is 41.6 Å². The number of likely N-dealkylation sites (tertiary alicyclic amines) is 1. The molecule has 0 bridgehead atoms. The van der Waals surface area contributed by atoms with Gasteiger partial charge in [0.2, 0.25) is 0 Å². The molecule has 1 fully saturated rings. The number of benzene rings is 2. The molecule has 3 rings (SSSR count). The Hall–Kier alpha value is -3.21. The van der Waals surface area contributed by atoms with Gasteiger partial charge in [-0.2, -0.15) is 5.26 Å². The topological polar surface area (TPSA) is 90.6 Å². The van der Waals surface area contributed by atoms with Crippen molar-refractivity contribution in [3.8, 4) is 11.8 Å². The maximum Gasteiger partial charge on any atom is 0.328 e. The maximum absolute atomic E-state index is 13.1. The average molecular weight is 457 g/mol. The Bertz CT molecular complexity index is 1050. The highest BCUT2D eigenvalue weighted by Crippen LogP contribution is 2.34. The minimum absolute atomic E-state index is 0.0444. The molecule has 0 amide bonds. The zero-order valence-electron chi connectivity index (χ0n) is 17.3. The van der Waals surface area contributed by atoms with Crippen LogP contribution in [0, 0.1) is 22.6 Å². The van der Waals surface area contributed by atoms with Crippen molar-refractivity contribution < 1.29 is 23.8 Å². The minimum atomic E-state index is -1.13. The van der Waals surface area contributed by atoms with Gasteiger partial charge in [0, 0.05) is 29.8 Å². The molecule has 6 nitrogen and oxygen atoms in total. The standard InChI is InChI=1S/C24H22ClFN2O4/c25-19-4-7-21(18(13-19)3-8-22(29)30)32-23(31)15-28-11-9-24(16-27,10-12-28)14-17-1-5-20(26)6-2-17/h1-8,13H,9-12,14-15H2,(H,29,30)/b8-3+. The molecule has 166 valence electrons. The van der Waals surface area contributed by atoms with Crippen LogP contribution in [-0.2, 0) is 16.0 Å². The maximum atomic E-state index is 13.1. The van der Waals surface area contributed by atoms with Gasteiger partial charge >= 0.3 is 11.9 Å². The van der Waals surface area contributed by atoms with E-state index in [1.165, 1.54) is 30.3 Å². The third-order valence-corrected chi connectivity index (χ3v) is 5.70. The van der Waals surface area contributed by atoms with E-state index in [1.54, 1.807) is 18.2 Å². The zero-order valence-corrected chi connectivity index (χ0v) is 18.0. The summed E-state index contributed by atoms with van der Waals surface area (Å²) in [5.41, 5.74) is 0.739. The molecule has 0 spiro atoms. The molecule has 1 aliphatic rings. The Morgan fingerprint density at radius 1 is 1.22 bits per heavy atom. The van der Waals surface area contributed by atoms with Gasteiger partial charge in [0.25, 0.3) is 0 Å². The number of carboxylic acid groups (broad SMARTS) is 1. The van der Waals surface area contributed by atoms with Crippen molar-refractivity contribution in [3.05, 3.63) is 70.5 Å². The number of halogens is 2. The first-order chi connectivity index (χ1) is 15.3. The number of hydrogen-bond acceptors (Lipinski definition) is 5. The number of piperidine rings is 1. The number of hydrogen-bond donors (Lipinski definition) is 1. The van der Waals surface area contributed by atoms with Gasteiger partial charge in [-0.1, -0.05) is 23.7 Å². The molecule has 8 heteroatoms. The first kappa shape index (κ1) is 23.5. The van der Waals surface area contributed by atoms with Crippen LogP contribution in [0.3, 0.4) is 0 Å². The molecule has 1 N–H and O–H groups in total. The fraction of sp³-hybridized carbons (Fsp3) is 0.292. The van der Waals surface area contributed by atoms with Crippen molar-refractivity contribution >= 4 is 29.6 Å². The van der Waals surface area contributed by atoms with Crippen LogP contribution in [0.1, 0.15) is 24.0 Å². The van der Waals surface area contributed by atoms with Gasteiger partial charge in [0.1, 0.15) is 11.6 Å². The van der Waals surface area contributed by atoms with Crippen molar-refractivity contribution in [1.29, 1.82) is 5.26 Å². The number of carbonyl (C=O) groups is 2. The predicted octanol–water partition coefficient (Wildman–Crippen LogP) is 4.33. The van der Waals surface area contributed by atoms with E-state index >= 15 is 0 Å². The molecule has 0 saturated carbocycles. The van der Waals surface area contributed by atoms with E-state index in [0.717, 1.165) is 11.6 Å². The Kier molecular flexibility index (Phi) is 7.62. The largest absolute Gasteiger partial charge is 0.478 e. The molecule has 1 aliphatic heterocycles. The van der Waals surface area contributed by atoms with Crippen molar-refractivity contribution in [1.82, 2.24) is 4.90 Å². The van der Waals surface area contributed by atoms with Crippen LogP contribution in [0.15, 0.2) is 48.5 Å². The van der Waals surface area contributed by atoms with Crippen molar-refractivity contribution in [2.75, 3.05) is 19.6 Å². The molecule has 1 heterocycles. The van der Waals surface area contributed by atoms with E-state index in [2.05, 4.69) is 6.07 Å². The molecule has 0 aliphatic carbocycles. The summed E-state index contributed by atoms with van der Waals surface area (Å²) >= 11 is 5.96. The first-order valence-electron chi connectivity index (χ1n) is 10.1. The zero-order chi connectivity index (χ0) is 23.1. The molecule has 0 aromatic heterocycles. The van der Waals surface area contributed by atoms with Gasteiger partial charge in [-0.3, -0.25) is 9.69 Å². The van der Waals surface area contributed by atoms with Gasteiger partial charge < -0.3 is 9.84 Å². The highest BCUT2D eigenvalue weighted by atomic mass is 35.5. The molecule has 2 aromatic carbocycles. The third-order valence-electron chi connectivity index (χ3n) is 5.46. The van der Waals surface area contributed by atoms with Gasteiger partial charge in [0.05, 0.1) is 18.0 Å². The Morgan fingerprint density at radius 3 is 2.53 bits per heavy atom. The molecular weight excluding hydrogens is 435 g/mol. The van der Waals surface area contributed by atoms with Crippen LogP contribution in [0.25, 0.3) is 6.08 Å². The van der Waals surface area contributed by atoms with Crippen LogP contribution in [0.2, 0.25) is 5.02 Å². The Labute approximate surface area is 190 Å². The lowest BCUT2D eigenvalue weighted by Gasteiger charge is -2.37. The fourth-order valence-corrected chi connectivity index (χ4v) is 3.88. The lowest BCUT2D eigenvalue weighted by Crippen LogP contribution is -2.43. The lowest BCUT2D eigenvalue weighted by atomic mass is 9.75. The van der Waals surface area contributed by atoms with Crippen molar-refractivity contribution in [3.63, 3.8) is 0 Å². The van der Waals surface area contributed by atoms with E-state index in [4.69, 9.17) is 21.4 Å². The summed E-state index contributed by atoms with van der Waals surface area (Å²) in [7, 11) is 0. The van der Waals surface area contributed by atoms with Gasteiger partial charge in [-0.25, -0.2) is 9.18 Å². The van der Waals surface area contributed by atoms with Crippen LogP contribution >= 0.6 is 11.6 Å².